The van der Waals surface area contributed by atoms with Crippen LogP contribution < -0.4 is 0 Å². The molecule has 0 spiro atoms. The summed E-state index contributed by atoms with van der Waals surface area (Å²) in [5, 5.41) is 9.66. The van der Waals surface area contributed by atoms with Crippen molar-refractivity contribution in [3.05, 3.63) is 24.3 Å². The Morgan fingerprint density at radius 3 is 2.13 bits per heavy atom. The molecule has 0 aliphatic carbocycles. The predicted molar refractivity (Wildman–Crippen MR) is 59.0 cm³/mol. The van der Waals surface area contributed by atoms with Crippen molar-refractivity contribution in [2.75, 3.05) is 0 Å². The van der Waals surface area contributed by atoms with Crippen molar-refractivity contribution >= 4 is 5.78 Å². The molecular weight excluding hydrogens is 360 g/mol. The molecule has 86 valence electrons. The van der Waals surface area contributed by atoms with Crippen molar-refractivity contribution in [1.82, 2.24) is 0 Å². The topological polar surface area (TPSA) is 37.3 Å². The fourth-order valence-electron chi connectivity index (χ4n) is 1.15. The molecule has 0 aromatic rings. The van der Waals surface area contributed by atoms with E-state index in [0.29, 0.717) is 0 Å². The number of aliphatic hydroxyl groups is 1. The van der Waals surface area contributed by atoms with Crippen LogP contribution in [0, 0.1) is 11.8 Å². The number of aliphatic hydroxyl groups excluding tert-OH is 1. The second-order valence-corrected chi connectivity index (χ2v) is 3.95. The molecule has 0 heterocycles. The fourth-order valence-corrected chi connectivity index (χ4v) is 1.15. The standard InChI is InChI=1S/C12H20O2.W/c1-9(2)12(14)10(3)7-5-6-8-11(4)13;/h5-10,12,14H,1-4H3;/b7-5+,8-6+;/t10-,12+;/m1./s1. The van der Waals surface area contributed by atoms with E-state index in [-0.39, 0.29) is 44.8 Å². The first kappa shape index (κ1) is 17.2. The van der Waals surface area contributed by atoms with Gasteiger partial charge in [0.15, 0.2) is 5.78 Å². The second kappa shape index (κ2) is 9.06. The summed E-state index contributed by atoms with van der Waals surface area (Å²) < 4.78 is 0. The van der Waals surface area contributed by atoms with Gasteiger partial charge >= 0.3 is 0 Å². The van der Waals surface area contributed by atoms with Crippen LogP contribution in [0.25, 0.3) is 0 Å². The van der Waals surface area contributed by atoms with E-state index in [9.17, 15) is 9.90 Å². The summed E-state index contributed by atoms with van der Waals surface area (Å²) in [4.78, 5) is 10.6. The Balaban J connectivity index is 0. The van der Waals surface area contributed by atoms with Crippen molar-refractivity contribution in [3.8, 4) is 0 Å². The smallest absolute Gasteiger partial charge is 0.152 e. The minimum absolute atomic E-state index is 0. The van der Waals surface area contributed by atoms with Crippen molar-refractivity contribution in [3.63, 3.8) is 0 Å². The van der Waals surface area contributed by atoms with Gasteiger partial charge < -0.3 is 5.11 Å². The van der Waals surface area contributed by atoms with Gasteiger partial charge in [0, 0.05) is 27.0 Å². The summed E-state index contributed by atoms with van der Waals surface area (Å²) >= 11 is 0. The van der Waals surface area contributed by atoms with Crippen LogP contribution in [-0.2, 0) is 25.9 Å². The maximum absolute atomic E-state index is 10.6. The van der Waals surface area contributed by atoms with Gasteiger partial charge in [0.2, 0.25) is 0 Å². The molecule has 0 aliphatic rings. The maximum atomic E-state index is 10.6. The van der Waals surface area contributed by atoms with Gasteiger partial charge in [-0.1, -0.05) is 39.0 Å². The summed E-state index contributed by atoms with van der Waals surface area (Å²) in [6.45, 7) is 7.44. The molecule has 0 saturated heterocycles. The summed E-state index contributed by atoms with van der Waals surface area (Å²) in [5.74, 6) is 0.407. The summed E-state index contributed by atoms with van der Waals surface area (Å²) in [5.41, 5.74) is 0. The molecule has 0 radical (unpaired) electrons. The quantitative estimate of drug-likeness (QED) is 0.588. The molecule has 0 bridgehead atoms. The molecule has 0 amide bonds. The van der Waals surface area contributed by atoms with Gasteiger partial charge in [0.1, 0.15) is 0 Å². The van der Waals surface area contributed by atoms with E-state index in [1.807, 2.05) is 26.8 Å². The maximum Gasteiger partial charge on any atom is 0.152 e. The Hall–Kier alpha value is -0.202. The fraction of sp³-hybridized carbons (Fsp3) is 0.583. The Labute approximate surface area is 107 Å². The number of rotatable bonds is 5. The van der Waals surface area contributed by atoms with Gasteiger partial charge in [-0.3, -0.25) is 4.79 Å². The van der Waals surface area contributed by atoms with Crippen LogP contribution in [0.5, 0.6) is 0 Å². The van der Waals surface area contributed by atoms with Crippen molar-refractivity contribution < 1.29 is 31.0 Å². The Bertz CT molecular complexity index is 232. The van der Waals surface area contributed by atoms with E-state index < -0.39 is 0 Å². The first-order valence-electron chi connectivity index (χ1n) is 4.98. The van der Waals surface area contributed by atoms with Crippen LogP contribution in [0.2, 0.25) is 0 Å². The zero-order valence-electron chi connectivity index (χ0n) is 9.81. The number of carbonyl (C=O) groups excluding carboxylic acids is 1. The predicted octanol–water partition coefficient (Wildman–Crippen LogP) is 2.34. The van der Waals surface area contributed by atoms with Crippen LogP contribution in [0.15, 0.2) is 24.3 Å². The van der Waals surface area contributed by atoms with E-state index in [4.69, 9.17) is 0 Å². The van der Waals surface area contributed by atoms with E-state index in [2.05, 4.69) is 0 Å². The molecule has 1 N–H and O–H groups in total. The molecule has 0 rings (SSSR count). The molecule has 3 heteroatoms. The number of hydrogen-bond donors (Lipinski definition) is 1. The van der Waals surface area contributed by atoms with Gasteiger partial charge in [-0.05, 0) is 18.9 Å². The largest absolute Gasteiger partial charge is 0.392 e. The number of carbonyl (C=O) groups is 1. The van der Waals surface area contributed by atoms with Crippen LogP contribution in [0.3, 0.4) is 0 Å². The summed E-state index contributed by atoms with van der Waals surface area (Å²) in [6, 6.07) is 0. The van der Waals surface area contributed by atoms with Gasteiger partial charge in [0.25, 0.3) is 0 Å². The normalized spacial score (nSPS) is 15.6. The van der Waals surface area contributed by atoms with Crippen LogP contribution >= 0.6 is 0 Å². The summed E-state index contributed by atoms with van der Waals surface area (Å²) in [7, 11) is 0. The molecule has 2 atom stereocenters. The molecule has 0 fully saturated rings. The molecule has 0 saturated carbocycles. The first-order chi connectivity index (χ1) is 6.45. The zero-order valence-corrected chi connectivity index (χ0v) is 12.7. The van der Waals surface area contributed by atoms with Crippen LogP contribution in [0.1, 0.15) is 27.7 Å². The first-order valence-corrected chi connectivity index (χ1v) is 4.98. The molecule has 2 nitrogen and oxygen atoms in total. The minimum atomic E-state index is -0.322. The Kier molecular flexibility index (Phi) is 10.4. The van der Waals surface area contributed by atoms with E-state index in [1.165, 1.54) is 13.0 Å². The molecule has 0 unspecified atom stereocenters. The average Bonchev–Trinajstić information content (AvgIpc) is 2.10. The third-order valence-electron chi connectivity index (χ3n) is 2.08. The SMILES string of the molecule is CC(=O)/C=C/C=C/[C@@H](C)[C@@H](O)C(C)C.[W]. The Morgan fingerprint density at radius 2 is 1.73 bits per heavy atom. The summed E-state index contributed by atoms with van der Waals surface area (Å²) in [6.07, 6.45) is 6.59. The second-order valence-electron chi connectivity index (χ2n) is 3.95. The van der Waals surface area contributed by atoms with E-state index >= 15 is 0 Å². The average molecular weight is 380 g/mol. The van der Waals surface area contributed by atoms with Crippen molar-refractivity contribution in [2.45, 2.75) is 33.8 Å². The van der Waals surface area contributed by atoms with Gasteiger partial charge in [-0.15, -0.1) is 0 Å². The van der Waals surface area contributed by atoms with Crippen LogP contribution in [0.4, 0.5) is 0 Å². The Morgan fingerprint density at radius 1 is 1.20 bits per heavy atom. The molecular formula is C12H20O2W. The van der Waals surface area contributed by atoms with Gasteiger partial charge in [-0.2, -0.15) is 0 Å². The molecule has 0 aliphatic heterocycles. The van der Waals surface area contributed by atoms with Crippen LogP contribution in [-0.4, -0.2) is 17.0 Å². The third-order valence-corrected chi connectivity index (χ3v) is 2.08. The molecule has 0 aromatic carbocycles. The van der Waals surface area contributed by atoms with Gasteiger partial charge in [-0.25, -0.2) is 0 Å². The minimum Gasteiger partial charge on any atom is -0.392 e. The van der Waals surface area contributed by atoms with E-state index in [1.54, 1.807) is 12.2 Å². The van der Waals surface area contributed by atoms with Crippen molar-refractivity contribution in [2.24, 2.45) is 11.8 Å². The number of allylic oxidation sites excluding steroid dienone is 3. The number of hydrogen-bond acceptors (Lipinski definition) is 2. The van der Waals surface area contributed by atoms with Crippen molar-refractivity contribution in [1.29, 1.82) is 0 Å². The number of ketones is 1. The van der Waals surface area contributed by atoms with E-state index in [0.717, 1.165) is 0 Å². The van der Waals surface area contributed by atoms with Gasteiger partial charge in [0.05, 0.1) is 6.10 Å². The molecule has 0 aromatic heterocycles. The third kappa shape index (κ3) is 8.77. The molecule has 15 heavy (non-hydrogen) atoms. The zero-order chi connectivity index (χ0) is 11.1. The monoisotopic (exact) mass is 380 g/mol.